The first-order valence-corrected chi connectivity index (χ1v) is 7.52. The molecular formula is C15H18BrNO2. The fraction of sp³-hybridized carbons (Fsp3) is 0.467. The lowest BCUT2D eigenvalue weighted by molar-refractivity contribution is 0.374. The Bertz CT molecular complexity index is 573. The van der Waals surface area contributed by atoms with Gasteiger partial charge in [-0.2, -0.15) is 0 Å². The number of ether oxygens (including phenoxy) is 1. The Hall–Kier alpha value is -1.00. The Morgan fingerprint density at radius 2 is 2.42 bits per heavy atom. The summed E-state index contributed by atoms with van der Waals surface area (Å²) >= 11 is 3.72. The molecule has 1 saturated heterocycles. The zero-order valence-electron chi connectivity index (χ0n) is 11.0. The second-order valence-electron chi connectivity index (χ2n) is 5.13. The van der Waals surface area contributed by atoms with Crippen LogP contribution in [0.2, 0.25) is 0 Å². The summed E-state index contributed by atoms with van der Waals surface area (Å²) in [7, 11) is 1.69. The second-order valence-corrected chi connectivity index (χ2v) is 5.92. The van der Waals surface area contributed by atoms with Crippen LogP contribution in [0.4, 0.5) is 0 Å². The summed E-state index contributed by atoms with van der Waals surface area (Å²) in [5.74, 6) is 1.53. The molecule has 0 radical (unpaired) electrons. The number of hydrogen-bond donors (Lipinski definition) is 1. The van der Waals surface area contributed by atoms with Crippen molar-refractivity contribution in [1.82, 2.24) is 5.32 Å². The molecule has 0 bridgehead atoms. The number of benzene rings is 1. The molecule has 1 aliphatic rings. The summed E-state index contributed by atoms with van der Waals surface area (Å²) in [6.45, 7) is 2.26. The van der Waals surface area contributed by atoms with Gasteiger partial charge in [-0.25, -0.2) is 0 Å². The maximum Gasteiger partial charge on any atom is 0.176 e. The van der Waals surface area contributed by atoms with Gasteiger partial charge in [-0.15, -0.1) is 0 Å². The number of halogens is 1. The van der Waals surface area contributed by atoms with E-state index in [1.165, 1.54) is 18.4 Å². The summed E-state index contributed by atoms with van der Waals surface area (Å²) in [6.07, 6.45) is 5.35. The van der Waals surface area contributed by atoms with E-state index in [-0.39, 0.29) is 0 Å². The van der Waals surface area contributed by atoms with Crippen molar-refractivity contribution in [3.8, 4) is 5.75 Å². The van der Waals surface area contributed by atoms with Gasteiger partial charge in [-0.05, 0) is 71.9 Å². The molecule has 0 spiro atoms. The van der Waals surface area contributed by atoms with Crippen LogP contribution in [0.5, 0.6) is 5.75 Å². The largest absolute Gasteiger partial charge is 0.493 e. The van der Waals surface area contributed by atoms with Crippen LogP contribution in [0.1, 0.15) is 18.4 Å². The lowest BCUT2D eigenvalue weighted by atomic mass is 9.92. The van der Waals surface area contributed by atoms with Gasteiger partial charge in [-0.3, -0.25) is 0 Å². The highest BCUT2D eigenvalue weighted by Crippen LogP contribution is 2.37. The number of furan rings is 1. The SMILES string of the molecule is COc1cc(CC2CCCNC2)c(Br)c2ccoc12. The van der Waals surface area contributed by atoms with E-state index in [1.807, 2.05) is 6.07 Å². The fourth-order valence-corrected chi connectivity index (χ4v) is 3.43. The van der Waals surface area contributed by atoms with E-state index >= 15 is 0 Å². The van der Waals surface area contributed by atoms with Crippen LogP contribution in [0, 0.1) is 5.92 Å². The Labute approximate surface area is 121 Å². The first-order chi connectivity index (χ1) is 9.29. The standard InChI is InChI=1S/C15H18BrNO2/c1-18-13-8-11(7-10-3-2-5-17-9-10)14(16)12-4-6-19-15(12)13/h4,6,8,10,17H,2-3,5,7,9H2,1H3. The van der Waals surface area contributed by atoms with E-state index in [2.05, 4.69) is 27.3 Å². The molecule has 1 atom stereocenters. The summed E-state index contributed by atoms with van der Waals surface area (Å²) in [5, 5.41) is 4.57. The van der Waals surface area contributed by atoms with Crippen molar-refractivity contribution in [2.24, 2.45) is 5.92 Å². The van der Waals surface area contributed by atoms with Crippen LogP contribution in [0.25, 0.3) is 11.0 Å². The van der Waals surface area contributed by atoms with E-state index in [0.29, 0.717) is 5.92 Å². The Morgan fingerprint density at radius 1 is 1.53 bits per heavy atom. The molecule has 102 valence electrons. The van der Waals surface area contributed by atoms with Gasteiger partial charge >= 0.3 is 0 Å². The third kappa shape index (κ3) is 2.51. The molecule has 3 nitrogen and oxygen atoms in total. The number of piperidine rings is 1. The maximum absolute atomic E-state index is 5.50. The van der Waals surface area contributed by atoms with E-state index in [4.69, 9.17) is 9.15 Å². The molecule has 3 rings (SSSR count). The quantitative estimate of drug-likeness (QED) is 0.934. The van der Waals surface area contributed by atoms with Crippen LogP contribution in [-0.2, 0) is 6.42 Å². The van der Waals surface area contributed by atoms with Gasteiger partial charge in [0, 0.05) is 9.86 Å². The number of nitrogens with one attached hydrogen (secondary N) is 1. The van der Waals surface area contributed by atoms with Crippen LogP contribution in [0.3, 0.4) is 0 Å². The van der Waals surface area contributed by atoms with E-state index in [0.717, 1.165) is 40.7 Å². The second kappa shape index (κ2) is 5.55. The summed E-state index contributed by atoms with van der Waals surface area (Å²) in [5.41, 5.74) is 2.12. The van der Waals surface area contributed by atoms with Gasteiger partial charge in [-0.1, -0.05) is 0 Å². The molecule has 1 fully saturated rings. The molecule has 2 aromatic rings. The number of hydrogen-bond acceptors (Lipinski definition) is 3. The summed E-state index contributed by atoms with van der Waals surface area (Å²) in [4.78, 5) is 0. The monoisotopic (exact) mass is 323 g/mol. The van der Waals surface area contributed by atoms with Gasteiger partial charge in [0.1, 0.15) is 0 Å². The highest BCUT2D eigenvalue weighted by molar-refractivity contribution is 9.10. The van der Waals surface area contributed by atoms with Gasteiger partial charge < -0.3 is 14.5 Å². The van der Waals surface area contributed by atoms with E-state index in [9.17, 15) is 0 Å². The average molecular weight is 324 g/mol. The predicted octanol–water partition coefficient (Wildman–Crippen LogP) is 3.75. The Balaban J connectivity index is 1.95. The van der Waals surface area contributed by atoms with Crippen molar-refractivity contribution in [2.75, 3.05) is 20.2 Å². The zero-order valence-corrected chi connectivity index (χ0v) is 12.6. The van der Waals surface area contributed by atoms with Crippen molar-refractivity contribution in [3.05, 3.63) is 28.4 Å². The lowest BCUT2D eigenvalue weighted by Gasteiger charge is -2.23. The van der Waals surface area contributed by atoms with Crippen LogP contribution in [-0.4, -0.2) is 20.2 Å². The molecule has 1 aliphatic heterocycles. The number of rotatable bonds is 3. The Kier molecular flexibility index (Phi) is 3.80. The molecule has 1 aromatic heterocycles. The lowest BCUT2D eigenvalue weighted by Crippen LogP contribution is -2.30. The van der Waals surface area contributed by atoms with Gasteiger partial charge in [0.15, 0.2) is 11.3 Å². The van der Waals surface area contributed by atoms with Crippen molar-refractivity contribution in [3.63, 3.8) is 0 Å². The molecule has 4 heteroatoms. The molecule has 0 saturated carbocycles. The minimum absolute atomic E-state index is 0.708. The van der Waals surface area contributed by atoms with E-state index in [1.54, 1.807) is 13.4 Å². The molecule has 2 heterocycles. The third-order valence-corrected chi connectivity index (χ3v) is 4.78. The molecule has 1 aromatic carbocycles. The molecule has 0 aliphatic carbocycles. The van der Waals surface area contributed by atoms with Crippen molar-refractivity contribution in [1.29, 1.82) is 0 Å². The van der Waals surface area contributed by atoms with Crippen molar-refractivity contribution >= 4 is 26.9 Å². The highest BCUT2D eigenvalue weighted by atomic mass is 79.9. The average Bonchev–Trinajstić information content (AvgIpc) is 2.93. The highest BCUT2D eigenvalue weighted by Gasteiger charge is 2.18. The molecule has 1 N–H and O–H groups in total. The van der Waals surface area contributed by atoms with Crippen LogP contribution < -0.4 is 10.1 Å². The maximum atomic E-state index is 5.50. The molecule has 0 amide bonds. The predicted molar refractivity (Wildman–Crippen MR) is 79.8 cm³/mol. The van der Waals surface area contributed by atoms with Gasteiger partial charge in [0.2, 0.25) is 0 Å². The normalized spacial score (nSPS) is 19.8. The van der Waals surface area contributed by atoms with Gasteiger partial charge in [0.25, 0.3) is 0 Å². The van der Waals surface area contributed by atoms with Crippen LogP contribution in [0.15, 0.2) is 27.3 Å². The smallest absolute Gasteiger partial charge is 0.176 e. The summed E-state index contributed by atoms with van der Waals surface area (Å²) in [6, 6.07) is 4.09. The minimum atomic E-state index is 0.708. The first kappa shape index (κ1) is 13.0. The fourth-order valence-electron chi connectivity index (χ4n) is 2.84. The summed E-state index contributed by atoms with van der Waals surface area (Å²) < 4.78 is 12.1. The topological polar surface area (TPSA) is 34.4 Å². The van der Waals surface area contributed by atoms with Gasteiger partial charge in [0.05, 0.1) is 13.4 Å². The molecular weight excluding hydrogens is 306 g/mol. The van der Waals surface area contributed by atoms with E-state index < -0.39 is 0 Å². The number of methoxy groups -OCH3 is 1. The Morgan fingerprint density at radius 3 is 3.16 bits per heavy atom. The molecule has 19 heavy (non-hydrogen) atoms. The molecule has 1 unspecified atom stereocenters. The zero-order chi connectivity index (χ0) is 13.2. The van der Waals surface area contributed by atoms with Crippen molar-refractivity contribution < 1.29 is 9.15 Å². The first-order valence-electron chi connectivity index (χ1n) is 6.73. The third-order valence-electron chi connectivity index (χ3n) is 3.84. The van der Waals surface area contributed by atoms with Crippen LogP contribution >= 0.6 is 15.9 Å². The van der Waals surface area contributed by atoms with Crippen molar-refractivity contribution in [2.45, 2.75) is 19.3 Å². The minimum Gasteiger partial charge on any atom is -0.493 e. The number of fused-ring (bicyclic) bond motifs is 1.